The summed E-state index contributed by atoms with van der Waals surface area (Å²) >= 11 is 0. The molecule has 0 spiro atoms. The molecule has 4 rings (SSSR count). The second kappa shape index (κ2) is 7.26. The standard InChI is InChI=1S/C24H18O3/c25-21-5-1-3-19(15-21)17-7-11-23(12-8-17)27-24-13-9-18(10-14-24)20-4-2-6-22(26)16-20/h1-16,25-26H. The van der Waals surface area contributed by atoms with Crippen molar-refractivity contribution in [3.8, 4) is 45.3 Å². The smallest absolute Gasteiger partial charge is 0.127 e. The van der Waals surface area contributed by atoms with Crippen molar-refractivity contribution in [1.29, 1.82) is 0 Å². The Kier molecular flexibility index (Phi) is 4.50. The Morgan fingerprint density at radius 1 is 0.444 bits per heavy atom. The molecular formula is C24H18O3. The van der Waals surface area contributed by atoms with Crippen LogP contribution >= 0.6 is 0 Å². The van der Waals surface area contributed by atoms with E-state index >= 15 is 0 Å². The van der Waals surface area contributed by atoms with Gasteiger partial charge in [0.1, 0.15) is 23.0 Å². The fourth-order valence-corrected chi connectivity index (χ4v) is 2.94. The van der Waals surface area contributed by atoms with Crippen LogP contribution in [0.1, 0.15) is 0 Å². The van der Waals surface area contributed by atoms with Gasteiger partial charge < -0.3 is 14.9 Å². The first-order valence-electron chi connectivity index (χ1n) is 8.64. The van der Waals surface area contributed by atoms with Crippen LogP contribution in [-0.4, -0.2) is 10.2 Å². The molecule has 3 heteroatoms. The highest BCUT2D eigenvalue weighted by atomic mass is 16.5. The molecule has 0 saturated carbocycles. The number of aromatic hydroxyl groups is 2. The van der Waals surface area contributed by atoms with Gasteiger partial charge in [-0.1, -0.05) is 48.5 Å². The molecular weight excluding hydrogens is 336 g/mol. The number of hydrogen-bond acceptors (Lipinski definition) is 3. The molecule has 3 nitrogen and oxygen atoms in total. The third-order valence-corrected chi connectivity index (χ3v) is 4.30. The van der Waals surface area contributed by atoms with Crippen molar-refractivity contribution in [2.24, 2.45) is 0 Å². The molecule has 0 aliphatic carbocycles. The van der Waals surface area contributed by atoms with E-state index in [1.165, 1.54) is 0 Å². The van der Waals surface area contributed by atoms with Crippen LogP contribution < -0.4 is 4.74 Å². The topological polar surface area (TPSA) is 49.7 Å². The van der Waals surface area contributed by atoms with Crippen LogP contribution in [0.3, 0.4) is 0 Å². The van der Waals surface area contributed by atoms with Gasteiger partial charge in [0, 0.05) is 0 Å². The van der Waals surface area contributed by atoms with Crippen LogP contribution in [0, 0.1) is 0 Å². The summed E-state index contributed by atoms with van der Waals surface area (Å²) in [6, 6.07) is 29.8. The van der Waals surface area contributed by atoms with Crippen molar-refractivity contribution < 1.29 is 14.9 Å². The number of benzene rings is 4. The van der Waals surface area contributed by atoms with Gasteiger partial charge in [0.2, 0.25) is 0 Å². The maximum atomic E-state index is 9.61. The third kappa shape index (κ3) is 3.93. The van der Waals surface area contributed by atoms with Crippen molar-refractivity contribution in [3.05, 3.63) is 97.1 Å². The zero-order valence-corrected chi connectivity index (χ0v) is 14.5. The Labute approximate surface area is 157 Å². The lowest BCUT2D eigenvalue weighted by Crippen LogP contribution is -1.85. The van der Waals surface area contributed by atoms with E-state index in [2.05, 4.69) is 0 Å². The van der Waals surface area contributed by atoms with Gasteiger partial charge >= 0.3 is 0 Å². The van der Waals surface area contributed by atoms with Crippen LogP contribution in [0.5, 0.6) is 23.0 Å². The van der Waals surface area contributed by atoms with E-state index in [1.807, 2.05) is 72.8 Å². The van der Waals surface area contributed by atoms with Crippen molar-refractivity contribution in [3.63, 3.8) is 0 Å². The lowest BCUT2D eigenvalue weighted by molar-refractivity contribution is 0.475. The van der Waals surface area contributed by atoms with E-state index in [-0.39, 0.29) is 11.5 Å². The second-order valence-corrected chi connectivity index (χ2v) is 6.25. The first kappa shape index (κ1) is 16.7. The van der Waals surface area contributed by atoms with Gasteiger partial charge in [-0.25, -0.2) is 0 Å². The molecule has 4 aromatic rings. The molecule has 2 N–H and O–H groups in total. The zero-order chi connectivity index (χ0) is 18.6. The normalized spacial score (nSPS) is 10.5. The number of phenols is 2. The van der Waals surface area contributed by atoms with Gasteiger partial charge in [0.15, 0.2) is 0 Å². The fourth-order valence-electron chi connectivity index (χ4n) is 2.94. The minimum atomic E-state index is 0.250. The quantitative estimate of drug-likeness (QED) is 0.457. The molecule has 0 fully saturated rings. The van der Waals surface area contributed by atoms with E-state index < -0.39 is 0 Å². The van der Waals surface area contributed by atoms with Gasteiger partial charge in [-0.15, -0.1) is 0 Å². The van der Waals surface area contributed by atoms with Crippen molar-refractivity contribution in [1.82, 2.24) is 0 Å². The average molecular weight is 354 g/mol. The summed E-state index contributed by atoms with van der Waals surface area (Å²) < 4.78 is 5.91. The minimum Gasteiger partial charge on any atom is -0.508 e. The van der Waals surface area contributed by atoms with E-state index in [9.17, 15) is 10.2 Å². The summed E-state index contributed by atoms with van der Waals surface area (Å²) in [5, 5.41) is 19.2. The highest BCUT2D eigenvalue weighted by Gasteiger charge is 2.03. The van der Waals surface area contributed by atoms with Crippen molar-refractivity contribution in [2.75, 3.05) is 0 Å². The summed E-state index contributed by atoms with van der Waals surface area (Å²) in [4.78, 5) is 0. The van der Waals surface area contributed by atoms with E-state index in [0.29, 0.717) is 0 Å². The summed E-state index contributed by atoms with van der Waals surface area (Å²) in [6.45, 7) is 0. The number of phenolic OH excluding ortho intramolecular Hbond substituents is 2. The molecule has 0 amide bonds. The molecule has 0 heterocycles. The Balaban J connectivity index is 1.49. The maximum Gasteiger partial charge on any atom is 0.127 e. The average Bonchev–Trinajstić information content (AvgIpc) is 2.69. The lowest BCUT2D eigenvalue weighted by Gasteiger charge is -2.09. The Morgan fingerprint density at radius 2 is 0.852 bits per heavy atom. The first-order chi connectivity index (χ1) is 13.2. The maximum absolute atomic E-state index is 9.61. The summed E-state index contributed by atoms with van der Waals surface area (Å²) in [5.74, 6) is 1.98. The van der Waals surface area contributed by atoms with Crippen LogP contribution in [0.25, 0.3) is 22.3 Å². The minimum absolute atomic E-state index is 0.250. The van der Waals surface area contributed by atoms with E-state index in [0.717, 1.165) is 33.8 Å². The molecule has 0 saturated heterocycles. The summed E-state index contributed by atoms with van der Waals surface area (Å²) in [5.41, 5.74) is 3.93. The Morgan fingerprint density at radius 3 is 1.22 bits per heavy atom. The molecule has 27 heavy (non-hydrogen) atoms. The SMILES string of the molecule is Oc1cccc(-c2ccc(Oc3ccc(-c4cccc(O)c4)cc3)cc2)c1. The summed E-state index contributed by atoms with van der Waals surface area (Å²) in [6.07, 6.45) is 0. The van der Waals surface area contributed by atoms with Crippen LogP contribution in [0.15, 0.2) is 97.1 Å². The van der Waals surface area contributed by atoms with Gasteiger partial charge in [0.05, 0.1) is 0 Å². The van der Waals surface area contributed by atoms with E-state index in [4.69, 9.17) is 4.74 Å². The molecule has 0 radical (unpaired) electrons. The third-order valence-electron chi connectivity index (χ3n) is 4.30. The largest absolute Gasteiger partial charge is 0.508 e. The number of rotatable bonds is 4. The Bertz CT molecular complexity index is 964. The highest BCUT2D eigenvalue weighted by molar-refractivity contribution is 5.67. The summed E-state index contributed by atoms with van der Waals surface area (Å²) in [7, 11) is 0. The lowest BCUT2D eigenvalue weighted by atomic mass is 10.1. The molecule has 0 atom stereocenters. The Hall–Kier alpha value is -3.72. The van der Waals surface area contributed by atoms with Crippen LogP contribution in [0.4, 0.5) is 0 Å². The second-order valence-electron chi connectivity index (χ2n) is 6.25. The van der Waals surface area contributed by atoms with Crippen LogP contribution in [-0.2, 0) is 0 Å². The van der Waals surface area contributed by atoms with Gasteiger partial charge in [0.25, 0.3) is 0 Å². The molecule has 0 bridgehead atoms. The van der Waals surface area contributed by atoms with Gasteiger partial charge in [-0.3, -0.25) is 0 Å². The van der Waals surface area contributed by atoms with E-state index in [1.54, 1.807) is 24.3 Å². The molecule has 0 aromatic heterocycles. The first-order valence-corrected chi connectivity index (χ1v) is 8.64. The fraction of sp³-hybridized carbons (Fsp3) is 0. The molecule has 0 unspecified atom stereocenters. The molecule has 4 aromatic carbocycles. The zero-order valence-electron chi connectivity index (χ0n) is 14.5. The predicted molar refractivity (Wildman–Crippen MR) is 107 cm³/mol. The molecule has 132 valence electrons. The van der Waals surface area contributed by atoms with Gasteiger partial charge in [-0.2, -0.15) is 0 Å². The van der Waals surface area contributed by atoms with Crippen molar-refractivity contribution in [2.45, 2.75) is 0 Å². The molecule has 0 aliphatic rings. The monoisotopic (exact) mass is 354 g/mol. The number of hydrogen-bond donors (Lipinski definition) is 2. The highest BCUT2D eigenvalue weighted by Crippen LogP contribution is 2.29. The predicted octanol–water partition coefficient (Wildman–Crippen LogP) is 6.22. The van der Waals surface area contributed by atoms with Gasteiger partial charge in [-0.05, 0) is 70.8 Å². The van der Waals surface area contributed by atoms with Crippen molar-refractivity contribution >= 4 is 0 Å². The number of ether oxygens (including phenoxy) is 1. The van der Waals surface area contributed by atoms with Crippen LogP contribution in [0.2, 0.25) is 0 Å². The molecule has 0 aliphatic heterocycles.